The fourth-order valence-corrected chi connectivity index (χ4v) is 2.67. The minimum atomic E-state index is -0.374. The molecule has 1 aliphatic heterocycles. The highest BCUT2D eigenvalue weighted by Crippen LogP contribution is 2.23. The normalized spacial score (nSPS) is 24.1. The van der Waals surface area contributed by atoms with E-state index in [0.29, 0.717) is 29.5 Å². The second kappa shape index (κ2) is 5.36. The van der Waals surface area contributed by atoms with Gasteiger partial charge in [0.25, 0.3) is 5.91 Å². The maximum absolute atomic E-state index is 13.0. The van der Waals surface area contributed by atoms with Crippen LogP contribution in [0.3, 0.4) is 0 Å². The zero-order chi connectivity index (χ0) is 13.3. The summed E-state index contributed by atoms with van der Waals surface area (Å²) in [5.74, 6) is -0.427. The van der Waals surface area contributed by atoms with Crippen LogP contribution in [0.4, 0.5) is 4.39 Å². The summed E-state index contributed by atoms with van der Waals surface area (Å²) in [4.78, 5) is 14.0. The molecule has 0 spiro atoms. The van der Waals surface area contributed by atoms with E-state index in [-0.39, 0.29) is 23.7 Å². The van der Waals surface area contributed by atoms with Gasteiger partial charge in [-0.05, 0) is 46.5 Å². The fourth-order valence-electron chi connectivity index (χ4n) is 2.15. The topological polar surface area (TPSA) is 40.5 Å². The van der Waals surface area contributed by atoms with Gasteiger partial charge in [0.15, 0.2) is 0 Å². The SMILES string of the molecule is CC1CN(C(=O)c2ccc(F)cc2Br)CCC1O. The van der Waals surface area contributed by atoms with Gasteiger partial charge < -0.3 is 10.0 Å². The molecule has 0 bridgehead atoms. The summed E-state index contributed by atoms with van der Waals surface area (Å²) in [5.41, 5.74) is 0.458. The summed E-state index contributed by atoms with van der Waals surface area (Å²) >= 11 is 3.20. The Morgan fingerprint density at radius 2 is 2.28 bits per heavy atom. The first-order valence-electron chi connectivity index (χ1n) is 5.91. The van der Waals surface area contributed by atoms with E-state index in [0.717, 1.165) is 0 Å². The third-order valence-corrected chi connectivity index (χ3v) is 3.96. The molecule has 0 aliphatic carbocycles. The lowest BCUT2D eigenvalue weighted by atomic mass is 9.96. The molecule has 1 amide bonds. The van der Waals surface area contributed by atoms with E-state index in [4.69, 9.17) is 0 Å². The highest BCUT2D eigenvalue weighted by Gasteiger charge is 2.28. The molecule has 2 atom stereocenters. The molecule has 3 nitrogen and oxygen atoms in total. The smallest absolute Gasteiger partial charge is 0.255 e. The molecule has 0 radical (unpaired) electrons. The molecule has 1 heterocycles. The Hall–Kier alpha value is -0.940. The Balaban J connectivity index is 2.16. The maximum atomic E-state index is 13.0. The van der Waals surface area contributed by atoms with Gasteiger partial charge in [-0.3, -0.25) is 4.79 Å². The first-order valence-corrected chi connectivity index (χ1v) is 6.70. The summed E-state index contributed by atoms with van der Waals surface area (Å²) in [6, 6.07) is 4.05. The number of carbonyl (C=O) groups excluding carboxylic acids is 1. The molecule has 18 heavy (non-hydrogen) atoms. The van der Waals surface area contributed by atoms with Crippen molar-refractivity contribution in [3.63, 3.8) is 0 Å². The molecule has 1 N–H and O–H groups in total. The van der Waals surface area contributed by atoms with Crippen LogP contribution in [0.15, 0.2) is 22.7 Å². The molecule has 1 fully saturated rings. The number of hydrogen-bond acceptors (Lipinski definition) is 2. The summed E-state index contributed by atoms with van der Waals surface area (Å²) in [7, 11) is 0. The molecule has 0 aromatic heterocycles. The van der Waals surface area contributed by atoms with E-state index < -0.39 is 0 Å². The van der Waals surface area contributed by atoms with E-state index in [1.807, 2.05) is 6.92 Å². The first-order chi connectivity index (χ1) is 8.49. The molecule has 5 heteroatoms. The zero-order valence-corrected chi connectivity index (χ0v) is 11.7. The van der Waals surface area contributed by atoms with Crippen molar-refractivity contribution >= 4 is 21.8 Å². The van der Waals surface area contributed by atoms with Gasteiger partial charge in [-0.2, -0.15) is 0 Å². The molecule has 1 saturated heterocycles. The van der Waals surface area contributed by atoms with Crippen LogP contribution in [0.25, 0.3) is 0 Å². The second-order valence-electron chi connectivity index (χ2n) is 4.71. The molecular weight excluding hydrogens is 301 g/mol. The second-order valence-corrected chi connectivity index (χ2v) is 5.56. The van der Waals surface area contributed by atoms with Crippen LogP contribution in [0.5, 0.6) is 0 Å². The monoisotopic (exact) mass is 315 g/mol. The Morgan fingerprint density at radius 3 is 2.89 bits per heavy atom. The van der Waals surface area contributed by atoms with Crippen LogP contribution >= 0.6 is 15.9 Å². The van der Waals surface area contributed by atoms with Crippen LogP contribution in [0.2, 0.25) is 0 Å². The van der Waals surface area contributed by atoms with E-state index in [1.165, 1.54) is 18.2 Å². The average Bonchev–Trinajstić information content (AvgIpc) is 2.32. The van der Waals surface area contributed by atoms with Crippen molar-refractivity contribution in [3.8, 4) is 0 Å². The van der Waals surface area contributed by atoms with Gasteiger partial charge in [0.05, 0.1) is 11.7 Å². The number of aliphatic hydroxyl groups excluding tert-OH is 1. The van der Waals surface area contributed by atoms with Gasteiger partial charge in [-0.15, -0.1) is 0 Å². The highest BCUT2D eigenvalue weighted by molar-refractivity contribution is 9.10. The molecule has 1 aromatic rings. The van der Waals surface area contributed by atoms with Crippen molar-refractivity contribution in [2.45, 2.75) is 19.4 Å². The third-order valence-electron chi connectivity index (χ3n) is 3.31. The number of carbonyl (C=O) groups is 1. The largest absolute Gasteiger partial charge is 0.393 e. The molecule has 1 aromatic carbocycles. The lowest BCUT2D eigenvalue weighted by molar-refractivity contribution is 0.0297. The van der Waals surface area contributed by atoms with Crippen molar-refractivity contribution in [3.05, 3.63) is 34.1 Å². The Morgan fingerprint density at radius 1 is 1.56 bits per heavy atom. The Labute approximate surface area is 114 Å². The maximum Gasteiger partial charge on any atom is 0.255 e. The molecule has 2 unspecified atom stereocenters. The minimum Gasteiger partial charge on any atom is -0.393 e. The van der Waals surface area contributed by atoms with Crippen molar-refractivity contribution < 1.29 is 14.3 Å². The lowest BCUT2D eigenvalue weighted by Gasteiger charge is -2.34. The fraction of sp³-hybridized carbons (Fsp3) is 0.462. The van der Waals surface area contributed by atoms with E-state index in [1.54, 1.807) is 4.90 Å². The van der Waals surface area contributed by atoms with Gasteiger partial charge in [0.2, 0.25) is 0 Å². The number of aliphatic hydroxyl groups is 1. The summed E-state index contributed by atoms with van der Waals surface area (Å²) in [5, 5.41) is 9.64. The standard InChI is InChI=1S/C13H15BrFNO2/c1-8-7-16(5-4-12(8)17)13(18)10-3-2-9(15)6-11(10)14/h2-3,6,8,12,17H,4-5,7H2,1H3. The predicted molar refractivity (Wildman–Crippen MR) is 69.8 cm³/mol. The van der Waals surface area contributed by atoms with Crippen molar-refractivity contribution in [2.75, 3.05) is 13.1 Å². The number of amides is 1. The number of nitrogens with zero attached hydrogens (tertiary/aromatic N) is 1. The van der Waals surface area contributed by atoms with Gasteiger partial charge in [0.1, 0.15) is 5.82 Å². The highest BCUT2D eigenvalue weighted by atomic mass is 79.9. The molecule has 1 aliphatic rings. The Kier molecular flexibility index (Phi) is 4.02. The molecule has 98 valence electrons. The molecular formula is C13H15BrFNO2. The molecule has 0 saturated carbocycles. The number of benzene rings is 1. The van der Waals surface area contributed by atoms with E-state index in [2.05, 4.69) is 15.9 Å². The third kappa shape index (κ3) is 2.72. The number of rotatable bonds is 1. The van der Waals surface area contributed by atoms with Gasteiger partial charge in [-0.25, -0.2) is 4.39 Å². The van der Waals surface area contributed by atoms with Crippen molar-refractivity contribution in [1.29, 1.82) is 0 Å². The van der Waals surface area contributed by atoms with E-state index >= 15 is 0 Å². The summed E-state index contributed by atoms with van der Waals surface area (Å²) < 4.78 is 13.4. The zero-order valence-electron chi connectivity index (χ0n) is 10.1. The first kappa shape index (κ1) is 13.5. The van der Waals surface area contributed by atoms with Crippen LogP contribution in [-0.4, -0.2) is 35.1 Å². The van der Waals surface area contributed by atoms with Gasteiger partial charge in [0, 0.05) is 17.6 Å². The quantitative estimate of drug-likeness (QED) is 0.864. The number of piperidine rings is 1. The number of hydrogen-bond donors (Lipinski definition) is 1. The average molecular weight is 316 g/mol. The number of halogens is 2. The van der Waals surface area contributed by atoms with E-state index in [9.17, 15) is 14.3 Å². The van der Waals surface area contributed by atoms with Crippen LogP contribution < -0.4 is 0 Å². The number of likely N-dealkylation sites (tertiary alicyclic amines) is 1. The van der Waals surface area contributed by atoms with Gasteiger partial charge >= 0.3 is 0 Å². The summed E-state index contributed by atoms with van der Waals surface area (Å²) in [6.45, 7) is 2.99. The van der Waals surface area contributed by atoms with Crippen molar-refractivity contribution in [1.82, 2.24) is 4.90 Å². The van der Waals surface area contributed by atoms with Gasteiger partial charge in [-0.1, -0.05) is 6.92 Å². The van der Waals surface area contributed by atoms with Crippen LogP contribution in [0, 0.1) is 11.7 Å². The lowest BCUT2D eigenvalue weighted by Crippen LogP contribution is -2.45. The van der Waals surface area contributed by atoms with Crippen LogP contribution in [0.1, 0.15) is 23.7 Å². The van der Waals surface area contributed by atoms with Crippen molar-refractivity contribution in [2.24, 2.45) is 5.92 Å². The predicted octanol–water partition coefficient (Wildman–Crippen LogP) is 2.43. The Bertz CT molecular complexity index is 466. The van der Waals surface area contributed by atoms with Crippen LogP contribution in [-0.2, 0) is 0 Å². The summed E-state index contributed by atoms with van der Waals surface area (Å²) in [6.07, 6.45) is 0.247. The molecule has 2 rings (SSSR count). The minimum absolute atomic E-state index is 0.0712.